The number of aromatic nitrogens is 2. The molecule has 0 bridgehead atoms. The van der Waals surface area contributed by atoms with Crippen molar-refractivity contribution in [1.29, 1.82) is 0 Å². The van der Waals surface area contributed by atoms with Crippen LogP contribution in [0.1, 0.15) is 48.7 Å². The predicted octanol–water partition coefficient (Wildman–Crippen LogP) is 2.77. The highest BCUT2D eigenvalue weighted by Gasteiger charge is 2.47. The van der Waals surface area contributed by atoms with E-state index in [0.29, 0.717) is 16.7 Å². The Labute approximate surface area is 127 Å². The fourth-order valence-corrected chi connectivity index (χ4v) is 3.12. The van der Waals surface area contributed by atoms with E-state index in [-0.39, 0.29) is 30.4 Å². The molecule has 1 atom stereocenters. The zero-order valence-electron chi connectivity index (χ0n) is 12.9. The van der Waals surface area contributed by atoms with E-state index in [4.69, 9.17) is 5.73 Å². The Morgan fingerprint density at radius 2 is 2.05 bits per heavy atom. The molecule has 1 aliphatic carbocycles. The lowest BCUT2D eigenvalue weighted by Gasteiger charge is -2.35. The Hall–Kier alpha value is -1.82. The predicted molar refractivity (Wildman–Crippen MR) is 81.2 cm³/mol. The molecule has 1 aliphatic rings. The first-order chi connectivity index (χ1) is 10.2. The summed E-state index contributed by atoms with van der Waals surface area (Å²) in [6.45, 7) is 3.72. The van der Waals surface area contributed by atoms with Crippen LogP contribution in [0, 0.1) is 6.92 Å². The fraction of sp³-hybridized carbons (Fsp3) is 0.500. The maximum Gasteiger partial charge on any atom is 0.261 e. The largest absolute Gasteiger partial charge is 0.324 e. The number of hydrogen-bond donors (Lipinski definition) is 1. The molecule has 22 heavy (non-hydrogen) atoms. The van der Waals surface area contributed by atoms with Crippen molar-refractivity contribution >= 4 is 10.9 Å². The zero-order valence-corrected chi connectivity index (χ0v) is 12.9. The fourth-order valence-electron chi connectivity index (χ4n) is 3.12. The molecule has 2 aromatic rings. The Bertz CT molecular complexity index is 803. The molecule has 1 fully saturated rings. The number of halogens is 2. The minimum absolute atomic E-state index is 0.208. The van der Waals surface area contributed by atoms with Gasteiger partial charge in [-0.3, -0.25) is 9.36 Å². The lowest BCUT2D eigenvalue weighted by atomic mass is 9.80. The van der Waals surface area contributed by atoms with E-state index in [9.17, 15) is 13.6 Å². The van der Waals surface area contributed by atoms with Crippen LogP contribution < -0.4 is 11.3 Å². The first-order valence-electron chi connectivity index (χ1n) is 7.34. The van der Waals surface area contributed by atoms with Gasteiger partial charge in [-0.1, -0.05) is 6.07 Å². The Morgan fingerprint density at radius 3 is 2.59 bits per heavy atom. The van der Waals surface area contributed by atoms with Crippen LogP contribution in [0.25, 0.3) is 10.9 Å². The molecule has 1 saturated carbocycles. The van der Waals surface area contributed by atoms with Crippen molar-refractivity contribution in [3.8, 4) is 0 Å². The van der Waals surface area contributed by atoms with Gasteiger partial charge >= 0.3 is 0 Å². The second-order valence-electron chi connectivity index (χ2n) is 6.33. The van der Waals surface area contributed by atoms with E-state index in [0.717, 1.165) is 11.1 Å². The number of aryl methyl sites for hydroxylation is 1. The van der Waals surface area contributed by atoms with Gasteiger partial charge in [0.15, 0.2) is 0 Å². The van der Waals surface area contributed by atoms with E-state index in [1.165, 1.54) is 4.57 Å². The smallest absolute Gasteiger partial charge is 0.261 e. The zero-order chi connectivity index (χ0) is 16.2. The van der Waals surface area contributed by atoms with Gasteiger partial charge in [0.25, 0.3) is 5.56 Å². The van der Waals surface area contributed by atoms with Crippen molar-refractivity contribution in [3.05, 3.63) is 39.4 Å². The number of nitrogens with zero attached hydrogens (tertiary/aromatic N) is 2. The van der Waals surface area contributed by atoms with Crippen molar-refractivity contribution in [3.63, 3.8) is 0 Å². The summed E-state index contributed by atoms with van der Waals surface area (Å²) in [7, 11) is 1.59. The Morgan fingerprint density at radius 1 is 1.41 bits per heavy atom. The van der Waals surface area contributed by atoms with Gasteiger partial charge in [0.05, 0.1) is 10.9 Å². The average molecular weight is 307 g/mol. The first-order valence-corrected chi connectivity index (χ1v) is 7.34. The van der Waals surface area contributed by atoms with Gasteiger partial charge in [-0.15, -0.1) is 0 Å². The van der Waals surface area contributed by atoms with Crippen LogP contribution in [-0.4, -0.2) is 15.5 Å². The third kappa shape index (κ3) is 2.31. The van der Waals surface area contributed by atoms with Gasteiger partial charge < -0.3 is 5.73 Å². The van der Waals surface area contributed by atoms with E-state index >= 15 is 0 Å². The summed E-state index contributed by atoms with van der Waals surface area (Å²) in [5.74, 6) is -2.59. The third-order valence-electron chi connectivity index (χ3n) is 4.33. The SMILES string of the molecule is Cc1cc(C(C)N)c2nc(C3CC(F)(F)C3)n(C)c(=O)c2c1. The monoisotopic (exact) mass is 307 g/mol. The second-order valence-corrected chi connectivity index (χ2v) is 6.33. The lowest BCUT2D eigenvalue weighted by molar-refractivity contribution is -0.0891. The highest BCUT2D eigenvalue weighted by molar-refractivity contribution is 5.82. The average Bonchev–Trinajstić information content (AvgIpc) is 2.39. The minimum atomic E-state index is -2.64. The maximum absolute atomic E-state index is 13.1. The van der Waals surface area contributed by atoms with Gasteiger partial charge in [0.1, 0.15) is 5.82 Å². The van der Waals surface area contributed by atoms with Gasteiger partial charge in [0.2, 0.25) is 5.92 Å². The van der Waals surface area contributed by atoms with Crippen molar-refractivity contribution in [2.45, 2.75) is 44.6 Å². The van der Waals surface area contributed by atoms with Gasteiger partial charge in [-0.2, -0.15) is 0 Å². The molecule has 1 unspecified atom stereocenters. The summed E-state index contributed by atoms with van der Waals surface area (Å²) in [4.78, 5) is 17.1. The topological polar surface area (TPSA) is 60.9 Å². The van der Waals surface area contributed by atoms with Crippen LogP contribution in [0.2, 0.25) is 0 Å². The molecular weight excluding hydrogens is 288 g/mol. The number of fused-ring (bicyclic) bond motifs is 1. The summed E-state index contributed by atoms with van der Waals surface area (Å²) in [6, 6.07) is 3.39. The molecule has 118 valence electrons. The quantitative estimate of drug-likeness (QED) is 0.928. The first kappa shape index (κ1) is 15.1. The van der Waals surface area contributed by atoms with E-state index in [2.05, 4.69) is 4.98 Å². The van der Waals surface area contributed by atoms with Crippen molar-refractivity contribution in [1.82, 2.24) is 9.55 Å². The van der Waals surface area contributed by atoms with Crippen LogP contribution in [0.15, 0.2) is 16.9 Å². The Kier molecular flexibility index (Phi) is 3.32. The van der Waals surface area contributed by atoms with Crippen LogP contribution in [0.3, 0.4) is 0 Å². The summed E-state index contributed by atoms with van der Waals surface area (Å²) in [5.41, 5.74) is 8.02. The van der Waals surface area contributed by atoms with E-state index < -0.39 is 5.92 Å². The van der Waals surface area contributed by atoms with Crippen LogP contribution in [-0.2, 0) is 7.05 Å². The minimum Gasteiger partial charge on any atom is -0.324 e. The van der Waals surface area contributed by atoms with Gasteiger partial charge in [-0.25, -0.2) is 13.8 Å². The van der Waals surface area contributed by atoms with Gasteiger partial charge in [0, 0.05) is 31.8 Å². The number of nitrogens with two attached hydrogens (primary N) is 1. The Balaban J connectivity index is 2.24. The number of hydrogen-bond acceptors (Lipinski definition) is 3. The number of rotatable bonds is 2. The molecule has 1 aromatic carbocycles. The normalized spacial score (nSPS) is 19.2. The van der Waals surface area contributed by atoms with Crippen molar-refractivity contribution in [2.24, 2.45) is 12.8 Å². The van der Waals surface area contributed by atoms with Crippen LogP contribution in [0.4, 0.5) is 8.78 Å². The van der Waals surface area contributed by atoms with Crippen molar-refractivity contribution < 1.29 is 8.78 Å². The molecule has 0 radical (unpaired) electrons. The molecule has 1 heterocycles. The van der Waals surface area contributed by atoms with Crippen molar-refractivity contribution in [2.75, 3.05) is 0 Å². The molecule has 1 aromatic heterocycles. The lowest BCUT2D eigenvalue weighted by Crippen LogP contribution is -2.37. The maximum atomic E-state index is 13.1. The third-order valence-corrected chi connectivity index (χ3v) is 4.33. The summed E-state index contributed by atoms with van der Waals surface area (Å²) >= 11 is 0. The molecule has 0 aliphatic heterocycles. The van der Waals surface area contributed by atoms with E-state index in [1.54, 1.807) is 13.1 Å². The van der Waals surface area contributed by atoms with E-state index in [1.807, 2.05) is 19.9 Å². The van der Waals surface area contributed by atoms with Crippen LogP contribution >= 0.6 is 0 Å². The van der Waals surface area contributed by atoms with Gasteiger partial charge in [-0.05, 0) is 31.0 Å². The molecule has 0 amide bonds. The molecule has 0 saturated heterocycles. The summed E-state index contributed by atoms with van der Waals surface area (Å²) in [6.07, 6.45) is -0.504. The molecule has 0 spiro atoms. The summed E-state index contributed by atoms with van der Waals surface area (Å²) in [5, 5.41) is 0.490. The number of benzene rings is 1. The second kappa shape index (κ2) is 4.84. The van der Waals surface area contributed by atoms with Crippen LogP contribution in [0.5, 0.6) is 0 Å². The molecular formula is C16H19F2N3O. The standard InChI is InChI=1S/C16H19F2N3O/c1-8-4-11(9(2)19)13-12(5-8)15(22)21(3)14(20-13)10-6-16(17,18)7-10/h4-5,9-10H,6-7,19H2,1-3H3. The molecule has 4 nitrogen and oxygen atoms in total. The summed E-state index contributed by atoms with van der Waals surface area (Å²) < 4.78 is 27.7. The molecule has 2 N–H and O–H groups in total. The highest BCUT2D eigenvalue weighted by Crippen LogP contribution is 2.47. The molecule has 6 heteroatoms. The number of alkyl halides is 2. The molecule has 3 rings (SSSR count). The highest BCUT2D eigenvalue weighted by atomic mass is 19.3.